The first kappa shape index (κ1) is 33.2. The highest BCUT2D eigenvalue weighted by Crippen LogP contribution is 2.38. The largest absolute Gasteiger partial charge is 0.573 e. The summed E-state index contributed by atoms with van der Waals surface area (Å²) in [5, 5.41) is 6.82. The Labute approximate surface area is 268 Å². The second-order valence-corrected chi connectivity index (χ2v) is 11.3. The Balaban J connectivity index is 1.24. The molecule has 1 aromatic heterocycles. The molecular weight excluding hydrogens is 650 g/mol. The van der Waals surface area contributed by atoms with Crippen LogP contribution in [-0.2, 0) is 11.0 Å². The number of amides is 3. The molecule has 244 valence electrons. The molecule has 1 aliphatic rings. The van der Waals surface area contributed by atoms with Crippen LogP contribution in [0.3, 0.4) is 0 Å². The number of aliphatic imine (C=N–C) groups is 1. The topological polar surface area (TPSA) is 102 Å². The quantitative estimate of drug-likeness (QED) is 0.199. The number of rotatable bonds is 7. The fraction of sp³-hybridized carbons (Fsp3) is 0.194. The van der Waals surface area contributed by atoms with E-state index in [4.69, 9.17) is 0 Å². The second-order valence-electron chi connectivity index (χ2n) is 10.3. The van der Waals surface area contributed by atoms with Gasteiger partial charge >= 0.3 is 18.6 Å². The minimum atomic E-state index is -4.79. The van der Waals surface area contributed by atoms with Crippen LogP contribution < -0.4 is 15.0 Å². The number of alkyl halides is 6. The number of carbonyl (C=O) groups excluding carboxylic acids is 2. The highest BCUT2D eigenvalue weighted by atomic mass is 32.2. The van der Waals surface area contributed by atoms with E-state index in [0.29, 0.717) is 28.3 Å². The Kier molecular flexibility index (Phi) is 9.42. The highest BCUT2D eigenvalue weighted by molar-refractivity contribution is 8.15. The standard InChI is InChI=1S/C31H24F6N6O3S/c1-18(2)24-13-6-20(30(32,33)34)15-25(24)43-27(44)16-47-29(43)40-28(45)39-21-7-3-19(4-8-21)5-14-26-38-17-42(41-26)22-9-11-23(12-10-22)46-31(35,36)37/h3-15,17-18H,16H2,1-2H3,(H,39,45). The van der Waals surface area contributed by atoms with E-state index in [-0.39, 0.29) is 28.3 Å². The molecule has 0 spiro atoms. The number of urea groups is 1. The Morgan fingerprint density at radius 1 is 1.00 bits per heavy atom. The summed E-state index contributed by atoms with van der Waals surface area (Å²) in [6.07, 6.45) is -4.71. The van der Waals surface area contributed by atoms with Gasteiger partial charge < -0.3 is 10.1 Å². The zero-order chi connectivity index (χ0) is 33.9. The molecule has 0 unspecified atom stereocenters. The predicted molar refractivity (Wildman–Crippen MR) is 165 cm³/mol. The summed E-state index contributed by atoms with van der Waals surface area (Å²) < 4.78 is 82.8. The Hall–Kier alpha value is -5.12. The van der Waals surface area contributed by atoms with E-state index < -0.39 is 30.0 Å². The highest BCUT2D eigenvalue weighted by Gasteiger charge is 2.36. The molecule has 3 aromatic carbocycles. The van der Waals surface area contributed by atoms with Gasteiger partial charge in [-0.15, -0.1) is 18.3 Å². The van der Waals surface area contributed by atoms with Gasteiger partial charge in [-0.25, -0.2) is 14.5 Å². The van der Waals surface area contributed by atoms with Crippen LogP contribution in [0, 0.1) is 0 Å². The molecule has 5 rings (SSSR count). The van der Waals surface area contributed by atoms with Gasteiger partial charge in [0.05, 0.1) is 22.7 Å². The normalized spacial score (nSPS) is 14.9. The molecule has 16 heteroatoms. The van der Waals surface area contributed by atoms with Gasteiger partial charge in [-0.3, -0.25) is 9.69 Å². The first-order valence-electron chi connectivity index (χ1n) is 13.8. The summed E-state index contributed by atoms with van der Waals surface area (Å²) in [5.74, 6) is -0.826. The van der Waals surface area contributed by atoms with Crippen molar-refractivity contribution < 1.29 is 40.7 Å². The number of amidine groups is 1. The maximum atomic E-state index is 13.5. The number of benzene rings is 3. The van der Waals surface area contributed by atoms with Crippen LogP contribution in [0.4, 0.5) is 42.5 Å². The number of nitrogens with zero attached hydrogens (tertiary/aromatic N) is 5. The summed E-state index contributed by atoms with van der Waals surface area (Å²) in [7, 11) is 0. The van der Waals surface area contributed by atoms with Crippen molar-refractivity contribution in [2.45, 2.75) is 32.3 Å². The monoisotopic (exact) mass is 674 g/mol. The van der Waals surface area contributed by atoms with Crippen LogP contribution in [0.25, 0.3) is 17.8 Å². The number of hydrogen-bond donors (Lipinski definition) is 1. The smallest absolute Gasteiger partial charge is 0.406 e. The van der Waals surface area contributed by atoms with E-state index in [1.165, 1.54) is 29.2 Å². The van der Waals surface area contributed by atoms with E-state index in [2.05, 4.69) is 25.1 Å². The Morgan fingerprint density at radius 2 is 1.70 bits per heavy atom. The fourth-order valence-corrected chi connectivity index (χ4v) is 5.31. The van der Waals surface area contributed by atoms with Crippen molar-refractivity contribution in [3.8, 4) is 11.4 Å². The zero-order valence-corrected chi connectivity index (χ0v) is 25.3. The SMILES string of the molecule is CC(C)c1ccc(C(F)(F)F)cc1N1C(=O)CSC1=NC(=O)Nc1ccc(C=Cc2ncn(-c3ccc(OC(F)(F)F)cc3)n2)cc1. The molecule has 9 nitrogen and oxygen atoms in total. The molecule has 4 aromatic rings. The molecular formula is C31H24F6N6O3S. The number of ether oxygens (including phenoxy) is 1. The third kappa shape index (κ3) is 8.38. The molecule has 0 bridgehead atoms. The van der Waals surface area contributed by atoms with Crippen LogP contribution in [0.1, 0.15) is 42.3 Å². The number of halogens is 6. The molecule has 1 N–H and O–H groups in total. The van der Waals surface area contributed by atoms with Gasteiger partial charge in [0.1, 0.15) is 12.1 Å². The lowest BCUT2D eigenvalue weighted by molar-refractivity contribution is -0.274. The lowest BCUT2D eigenvalue weighted by Gasteiger charge is -2.23. The first-order chi connectivity index (χ1) is 22.2. The van der Waals surface area contributed by atoms with Crippen molar-refractivity contribution in [2.75, 3.05) is 16.0 Å². The molecule has 1 fully saturated rings. The van der Waals surface area contributed by atoms with Gasteiger partial charge in [0.15, 0.2) is 11.0 Å². The van der Waals surface area contributed by atoms with Crippen molar-refractivity contribution in [3.63, 3.8) is 0 Å². The van der Waals surface area contributed by atoms with E-state index >= 15 is 0 Å². The molecule has 0 aliphatic carbocycles. The van der Waals surface area contributed by atoms with Crippen LogP contribution >= 0.6 is 11.8 Å². The fourth-order valence-electron chi connectivity index (χ4n) is 4.45. The predicted octanol–water partition coefficient (Wildman–Crippen LogP) is 8.15. The van der Waals surface area contributed by atoms with Gasteiger partial charge in [0.2, 0.25) is 5.91 Å². The molecule has 47 heavy (non-hydrogen) atoms. The molecule has 1 saturated heterocycles. The number of aromatic nitrogens is 3. The van der Waals surface area contributed by atoms with E-state index in [1.54, 1.807) is 50.3 Å². The summed E-state index contributed by atoms with van der Waals surface area (Å²) in [5.41, 5.74) is 1.17. The summed E-state index contributed by atoms with van der Waals surface area (Å²) >= 11 is 0.951. The lowest BCUT2D eigenvalue weighted by Crippen LogP contribution is -2.31. The molecule has 0 atom stereocenters. The van der Waals surface area contributed by atoms with Gasteiger partial charge in [-0.1, -0.05) is 49.9 Å². The average Bonchev–Trinajstić information content (AvgIpc) is 3.62. The lowest BCUT2D eigenvalue weighted by atomic mass is 9.98. The van der Waals surface area contributed by atoms with Crippen molar-refractivity contribution >= 4 is 52.4 Å². The summed E-state index contributed by atoms with van der Waals surface area (Å²) in [6.45, 7) is 3.57. The van der Waals surface area contributed by atoms with E-state index in [9.17, 15) is 35.9 Å². The summed E-state index contributed by atoms with van der Waals surface area (Å²) in [6, 6.07) is 14.1. The van der Waals surface area contributed by atoms with Gasteiger partial charge in [-0.05, 0) is 71.7 Å². The molecule has 0 radical (unpaired) electrons. The molecule has 3 amide bonds. The number of thioether (sulfide) groups is 1. The third-order valence-electron chi connectivity index (χ3n) is 6.61. The maximum Gasteiger partial charge on any atom is 0.573 e. The molecule has 1 aliphatic heterocycles. The number of hydrogen-bond acceptors (Lipinski definition) is 6. The summed E-state index contributed by atoms with van der Waals surface area (Å²) in [4.78, 5) is 34.7. The van der Waals surface area contributed by atoms with Gasteiger partial charge in [0.25, 0.3) is 0 Å². The third-order valence-corrected chi connectivity index (χ3v) is 7.54. The van der Waals surface area contributed by atoms with Crippen molar-refractivity contribution in [3.05, 3.63) is 95.6 Å². The number of anilines is 2. The molecule has 2 heterocycles. The Bertz CT molecular complexity index is 1830. The van der Waals surface area contributed by atoms with E-state index in [0.717, 1.165) is 40.9 Å². The molecule has 0 saturated carbocycles. The average molecular weight is 675 g/mol. The van der Waals surface area contributed by atoms with Crippen LogP contribution in [0.5, 0.6) is 5.75 Å². The maximum absolute atomic E-state index is 13.5. The minimum absolute atomic E-state index is 0.0280. The minimum Gasteiger partial charge on any atom is -0.406 e. The van der Waals surface area contributed by atoms with Gasteiger partial charge in [-0.2, -0.15) is 18.2 Å². The Morgan fingerprint density at radius 3 is 2.34 bits per heavy atom. The van der Waals surface area contributed by atoms with Crippen LogP contribution in [-0.4, -0.2) is 44.0 Å². The second kappa shape index (κ2) is 13.3. The van der Waals surface area contributed by atoms with Crippen molar-refractivity contribution in [2.24, 2.45) is 4.99 Å². The van der Waals surface area contributed by atoms with Gasteiger partial charge in [0, 0.05) is 5.69 Å². The van der Waals surface area contributed by atoms with Crippen molar-refractivity contribution in [1.29, 1.82) is 0 Å². The van der Waals surface area contributed by atoms with Crippen molar-refractivity contribution in [1.82, 2.24) is 14.8 Å². The number of carbonyl (C=O) groups is 2. The zero-order valence-electron chi connectivity index (χ0n) is 24.5. The van der Waals surface area contributed by atoms with Crippen LogP contribution in [0.15, 0.2) is 78.0 Å². The van der Waals surface area contributed by atoms with E-state index in [1.807, 2.05) is 0 Å². The number of nitrogens with one attached hydrogen (secondary N) is 1. The van der Waals surface area contributed by atoms with Crippen LogP contribution in [0.2, 0.25) is 0 Å². The first-order valence-corrected chi connectivity index (χ1v) is 14.8.